The Hall–Kier alpha value is -3.65. The summed E-state index contributed by atoms with van der Waals surface area (Å²) in [5.74, 6) is 1.76. The lowest BCUT2D eigenvalue weighted by Gasteiger charge is -2.30. The lowest BCUT2D eigenvalue weighted by Crippen LogP contribution is -2.36. The van der Waals surface area contributed by atoms with Gasteiger partial charge >= 0.3 is 0 Å². The number of carbonyl (C=O) groups excluding carboxylic acids is 1. The number of thioether (sulfide) groups is 1. The molecule has 0 bridgehead atoms. The Bertz CT molecular complexity index is 1360. The van der Waals surface area contributed by atoms with Crippen molar-refractivity contribution in [3.05, 3.63) is 66.2 Å². The van der Waals surface area contributed by atoms with Crippen LogP contribution >= 0.6 is 11.8 Å². The number of carbonyl (C=O) groups is 1. The van der Waals surface area contributed by atoms with Crippen LogP contribution in [0, 0.1) is 0 Å². The minimum atomic E-state index is -0.753. The summed E-state index contributed by atoms with van der Waals surface area (Å²) < 4.78 is 12.1. The molecule has 0 fully saturated rings. The molecule has 166 valence electrons. The fourth-order valence-corrected chi connectivity index (χ4v) is 4.64. The molecule has 1 aromatic heterocycles. The second-order valence-corrected chi connectivity index (χ2v) is 8.69. The first-order valence-corrected chi connectivity index (χ1v) is 11.6. The zero-order valence-corrected chi connectivity index (χ0v) is 19.3. The van der Waals surface area contributed by atoms with Crippen molar-refractivity contribution < 1.29 is 14.3 Å². The normalized spacial score (nSPS) is 14.8. The number of ether oxygens (including phenoxy) is 2. The number of hydrogen-bond acceptors (Lipinski definition) is 7. The number of fused-ring (bicyclic) bond motifs is 4. The molecule has 1 aliphatic heterocycles. The summed E-state index contributed by atoms with van der Waals surface area (Å²) in [6.45, 7) is 3.56. The number of rotatable bonds is 4. The molecule has 0 spiro atoms. The predicted molar refractivity (Wildman–Crippen MR) is 129 cm³/mol. The van der Waals surface area contributed by atoms with Gasteiger partial charge in [-0.3, -0.25) is 9.69 Å². The number of para-hydroxylation sites is 1. The van der Waals surface area contributed by atoms with Gasteiger partial charge in [0.1, 0.15) is 5.75 Å². The van der Waals surface area contributed by atoms with Gasteiger partial charge < -0.3 is 9.47 Å². The first-order chi connectivity index (χ1) is 16.1. The van der Waals surface area contributed by atoms with Gasteiger partial charge in [0.25, 0.3) is 0 Å². The standard InChI is InChI=1S/C25H22N4O3S/c1-4-33-25-26-23-22(27-28-25)19-11-7-8-12-20(19)29(15(2)30)24(32-23)18-13-14-21(31-3)17-10-6-5-9-16(17)18/h5-14,24H,4H2,1-3H3. The maximum absolute atomic E-state index is 13.0. The Labute approximate surface area is 195 Å². The van der Waals surface area contributed by atoms with Gasteiger partial charge in [-0.15, -0.1) is 10.2 Å². The third kappa shape index (κ3) is 3.66. The summed E-state index contributed by atoms with van der Waals surface area (Å²) in [6, 6.07) is 19.3. The molecule has 7 nitrogen and oxygen atoms in total. The van der Waals surface area contributed by atoms with Gasteiger partial charge in [-0.1, -0.05) is 61.2 Å². The van der Waals surface area contributed by atoms with Crippen LogP contribution < -0.4 is 14.4 Å². The Morgan fingerprint density at radius 3 is 2.58 bits per heavy atom. The van der Waals surface area contributed by atoms with E-state index in [0.29, 0.717) is 22.4 Å². The fourth-order valence-electron chi connectivity index (χ4n) is 4.13. The fraction of sp³-hybridized carbons (Fsp3) is 0.200. The van der Waals surface area contributed by atoms with Crippen molar-refractivity contribution in [2.24, 2.45) is 0 Å². The van der Waals surface area contributed by atoms with Crippen LogP contribution in [0.3, 0.4) is 0 Å². The Kier molecular flexibility index (Phi) is 5.60. The van der Waals surface area contributed by atoms with Gasteiger partial charge in [0.05, 0.1) is 12.8 Å². The Morgan fingerprint density at radius 1 is 1.06 bits per heavy atom. The summed E-state index contributed by atoms with van der Waals surface area (Å²) in [4.78, 5) is 19.3. The molecule has 2 heterocycles. The summed E-state index contributed by atoms with van der Waals surface area (Å²) in [6.07, 6.45) is -0.753. The van der Waals surface area contributed by atoms with Crippen LogP contribution in [0.25, 0.3) is 22.0 Å². The Morgan fingerprint density at radius 2 is 1.82 bits per heavy atom. The van der Waals surface area contributed by atoms with Gasteiger partial charge in [0.2, 0.25) is 23.2 Å². The molecule has 0 N–H and O–H groups in total. The lowest BCUT2D eigenvalue weighted by atomic mass is 10.0. The third-order valence-corrected chi connectivity index (χ3v) is 6.25. The number of amides is 1. The van der Waals surface area contributed by atoms with Crippen LogP contribution in [-0.2, 0) is 4.79 Å². The van der Waals surface area contributed by atoms with Gasteiger partial charge in [0.15, 0.2) is 5.69 Å². The van der Waals surface area contributed by atoms with Crippen molar-refractivity contribution in [2.75, 3.05) is 17.8 Å². The molecule has 3 aromatic carbocycles. The zero-order valence-electron chi connectivity index (χ0n) is 18.5. The van der Waals surface area contributed by atoms with E-state index in [-0.39, 0.29) is 5.91 Å². The first kappa shape index (κ1) is 21.2. The molecule has 0 saturated heterocycles. The molecule has 33 heavy (non-hydrogen) atoms. The van der Waals surface area contributed by atoms with E-state index in [4.69, 9.17) is 9.47 Å². The third-order valence-electron chi connectivity index (χ3n) is 5.53. The summed E-state index contributed by atoms with van der Waals surface area (Å²) in [7, 11) is 1.65. The number of benzene rings is 3. The first-order valence-electron chi connectivity index (χ1n) is 10.6. The average molecular weight is 459 g/mol. The number of methoxy groups -OCH3 is 1. The van der Waals surface area contributed by atoms with E-state index in [9.17, 15) is 4.79 Å². The molecule has 8 heteroatoms. The van der Waals surface area contributed by atoms with Crippen LogP contribution in [0.15, 0.2) is 65.8 Å². The van der Waals surface area contributed by atoms with Crippen LogP contribution in [0.1, 0.15) is 25.6 Å². The minimum absolute atomic E-state index is 0.156. The molecule has 0 radical (unpaired) electrons. The highest BCUT2D eigenvalue weighted by Crippen LogP contribution is 2.45. The maximum atomic E-state index is 13.0. The van der Waals surface area contributed by atoms with E-state index in [2.05, 4.69) is 15.2 Å². The molecular weight excluding hydrogens is 436 g/mol. The van der Waals surface area contributed by atoms with Crippen molar-refractivity contribution in [3.63, 3.8) is 0 Å². The quantitative estimate of drug-likeness (QED) is 0.386. The maximum Gasteiger partial charge on any atom is 0.247 e. The Balaban J connectivity index is 1.78. The summed E-state index contributed by atoms with van der Waals surface area (Å²) in [5, 5.41) is 11.1. The molecule has 1 atom stereocenters. The SMILES string of the molecule is CCSc1nnc2c(n1)OC(c1ccc(OC)c3ccccc13)N(C(C)=O)c1ccccc1-2. The monoisotopic (exact) mass is 458 g/mol. The number of hydrogen-bond donors (Lipinski definition) is 0. The van der Waals surface area contributed by atoms with Crippen LogP contribution in [0.2, 0.25) is 0 Å². The van der Waals surface area contributed by atoms with Crippen molar-refractivity contribution in [1.82, 2.24) is 15.2 Å². The average Bonchev–Trinajstić information content (AvgIpc) is 2.98. The lowest BCUT2D eigenvalue weighted by molar-refractivity contribution is -0.118. The van der Waals surface area contributed by atoms with Crippen molar-refractivity contribution >= 4 is 34.1 Å². The second kappa shape index (κ2) is 8.71. The second-order valence-electron chi connectivity index (χ2n) is 7.46. The summed E-state index contributed by atoms with van der Waals surface area (Å²) in [5.41, 5.74) is 2.78. The van der Waals surface area contributed by atoms with Gasteiger partial charge in [-0.2, -0.15) is 4.98 Å². The smallest absolute Gasteiger partial charge is 0.247 e. The highest BCUT2D eigenvalue weighted by atomic mass is 32.2. The van der Waals surface area contributed by atoms with E-state index < -0.39 is 6.23 Å². The number of aromatic nitrogens is 3. The zero-order chi connectivity index (χ0) is 22.9. The van der Waals surface area contributed by atoms with E-state index in [1.165, 1.54) is 18.7 Å². The minimum Gasteiger partial charge on any atom is -0.496 e. The van der Waals surface area contributed by atoms with E-state index in [1.54, 1.807) is 12.0 Å². The van der Waals surface area contributed by atoms with Crippen molar-refractivity contribution in [3.8, 4) is 22.9 Å². The topological polar surface area (TPSA) is 77.4 Å². The molecule has 0 aliphatic carbocycles. The van der Waals surface area contributed by atoms with Gasteiger partial charge in [0, 0.05) is 23.4 Å². The van der Waals surface area contributed by atoms with Crippen LogP contribution in [0.5, 0.6) is 11.6 Å². The van der Waals surface area contributed by atoms with E-state index in [0.717, 1.165) is 33.4 Å². The van der Waals surface area contributed by atoms with Gasteiger partial charge in [-0.25, -0.2) is 0 Å². The van der Waals surface area contributed by atoms with Crippen molar-refractivity contribution in [1.29, 1.82) is 0 Å². The molecule has 1 amide bonds. The van der Waals surface area contributed by atoms with Gasteiger partial charge in [-0.05, 0) is 29.3 Å². The number of nitrogens with zero attached hydrogens (tertiary/aromatic N) is 4. The highest BCUT2D eigenvalue weighted by molar-refractivity contribution is 7.99. The van der Waals surface area contributed by atoms with Crippen LogP contribution in [-0.4, -0.2) is 34.0 Å². The molecule has 0 saturated carbocycles. The van der Waals surface area contributed by atoms with E-state index in [1.807, 2.05) is 67.6 Å². The molecular formula is C25H22N4O3S. The highest BCUT2D eigenvalue weighted by Gasteiger charge is 2.35. The van der Waals surface area contributed by atoms with Crippen molar-refractivity contribution in [2.45, 2.75) is 25.2 Å². The molecule has 1 aliphatic rings. The molecule has 5 rings (SSSR count). The largest absolute Gasteiger partial charge is 0.496 e. The van der Waals surface area contributed by atoms with Crippen LogP contribution in [0.4, 0.5) is 5.69 Å². The molecule has 4 aromatic rings. The number of anilines is 1. The molecule has 1 unspecified atom stereocenters. The van der Waals surface area contributed by atoms with E-state index >= 15 is 0 Å². The summed E-state index contributed by atoms with van der Waals surface area (Å²) >= 11 is 1.49. The predicted octanol–water partition coefficient (Wildman–Crippen LogP) is 5.26.